The fourth-order valence-corrected chi connectivity index (χ4v) is 3.22. The Morgan fingerprint density at radius 1 is 1.07 bits per heavy atom. The quantitative estimate of drug-likeness (QED) is 0.509. The Morgan fingerprint density at radius 2 is 1.71 bits per heavy atom. The van der Waals surface area contributed by atoms with Crippen LogP contribution in [0.4, 0.5) is 5.69 Å². The predicted molar refractivity (Wildman–Crippen MR) is 104 cm³/mol. The molecule has 1 aromatic rings. The van der Waals surface area contributed by atoms with Crippen molar-refractivity contribution in [3.05, 3.63) is 29.8 Å². The SMILES string of the molecule is CC(CC(=O)Nc1ccc(CC(=O)NCC(=O)O)cc1)NC(=O)C1CCCC1. The fraction of sp³-hybridized carbons (Fsp3) is 0.500. The first-order valence-corrected chi connectivity index (χ1v) is 9.51. The van der Waals surface area contributed by atoms with E-state index >= 15 is 0 Å². The molecule has 28 heavy (non-hydrogen) atoms. The minimum Gasteiger partial charge on any atom is -0.480 e. The molecule has 0 aliphatic heterocycles. The number of carboxylic acids is 1. The third kappa shape index (κ3) is 7.38. The zero-order chi connectivity index (χ0) is 20.5. The second-order valence-electron chi connectivity index (χ2n) is 7.19. The Balaban J connectivity index is 1.74. The molecule has 2 rings (SSSR count). The number of hydrogen-bond donors (Lipinski definition) is 4. The van der Waals surface area contributed by atoms with E-state index in [1.54, 1.807) is 24.3 Å². The van der Waals surface area contributed by atoms with Crippen molar-refractivity contribution in [2.45, 2.75) is 51.5 Å². The van der Waals surface area contributed by atoms with E-state index < -0.39 is 12.5 Å². The number of carbonyl (C=O) groups excluding carboxylic acids is 3. The van der Waals surface area contributed by atoms with E-state index in [1.165, 1.54) is 0 Å². The van der Waals surface area contributed by atoms with Gasteiger partial charge >= 0.3 is 5.97 Å². The molecule has 8 nitrogen and oxygen atoms in total. The number of aliphatic carboxylic acids is 1. The van der Waals surface area contributed by atoms with Gasteiger partial charge in [-0.3, -0.25) is 19.2 Å². The van der Waals surface area contributed by atoms with Crippen LogP contribution >= 0.6 is 0 Å². The molecular formula is C20H27N3O5. The molecule has 1 unspecified atom stereocenters. The average molecular weight is 389 g/mol. The lowest BCUT2D eigenvalue weighted by atomic mass is 10.1. The lowest BCUT2D eigenvalue weighted by Crippen LogP contribution is -2.38. The fourth-order valence-electron chi connectivity index (χ4n) is 3.22. The van der Waals surface area contributed by atoms with Crippen LogP contribution < -0.4 is 16.0 Å². The topological polar surface area (TPSA) is 125 Å². The van der Waals surface area contributed by atoms with Crippen LogP contribution in [0.25, 0.3) is 0 Å². The largest absolute Gasteiger partial charge is 0.480 e. The van der Waals surface area contributed by atoms with E-state index in [0.717, 1.165) is 25.7 Å². The lowest BCUT2D eigenvalue weighted by Gasteiger charge is -2.16. The monoisotopic (exact) mass is 389 g/mol. The maximum absolute atomic E-state index is 12.2. The van der Waals surface area contributed by atoms with Gasteiger partial charge in [-0.15, -0.1) is 0 Å². The van der Waals surface area contributed by atoms with Gasteiger partial charge in [-0.1, -0.05) is 25.0 Å². The molecule has 1 atom stereocenters. The summed E-state index contributed by atoms with van der Waals surface area (Å²) in [7, 11) is 0. The zero-order valence-electron chi connectivity index (χ0n) is 16.0. The van der Waals surface area contributed by atoms with Crippen LogP contribution in [0.1, 0.15) is 44.6 Å². The smallest absolute Gasteiger partial charge is 0.322 e. The molecule has 8 heteroatoms. The Hall–Kier alpha value is -2.90. The highest BCUT2D eigenvalue weighted by molar-refractivity contribution is 5.91. The molecule has 1 saturated carbocycles. The number of rotatable bonds is 9. The Kier molecular flexibility index (Phi) is 7.98. The van der Waals surface area contributed by atoms with Crippen molar-refractivity contribution in [2.75, 3.05) is 11.9 Å². The molecule has 1 aliphatic carbocycles. The first-order valence-electron chi connectivity index (χ1n) is 9.51. The van der Waals surface area contributed by atoms with Gasteiger partial charge in [-0.05, 0) is 37.5 Å². The van der Waals surface area contributed by atoms with Gasteiger partial charge in [0.15, 0.2) is 0 Å². The summed E-state index contributed by atoms with van der Waals surface area (Å²) in [6.07, 6.45) is 4.26. The second kappa shape index (κ2) is 10.4. The summed E-state index contributed by atoms with van der Waals surface area (Å²) < 4.78 is 0. The minimum absolute atomic E-state index is 0.0309. The molecule has 152 valence electrons. The number of amides is 3. The molecular weight excluding hydrogens is 362 g/mol. The average Bonchev–Trinajstić information content (AvgIpc) is 3.16. The number of carboxylic acid groups (broad SMARTS) is 1. The van der Waals surface area contributed by atoms with Crippen molar-refractivity contribution in [1.82, 2.24) is 10.6 Å². The molecule has 0 heterocycles. The minimum atomic E-state index is -1.10. The summed E-state index contributed by atoms with van der Waals surface area (Å²) in [6.45, 7) is 1.40. The van der Waals surface area contributed by atoms with Gasteiger partial charge in [0.25, 0.3) is 0 Å². The molecule has 0 aromatic heterocycles. The van der Waals surface area contributed by atoms with Gasteiger partial charge < -0.3 is 21.1 Å². The third-order valence-corrected chi connectivity index (χ3v) is 4.65. The molecule has 1 aromatic carbocycles. The van der Waals surface area contributed by atoms with E-state index in [2.05, 4.69) is 16.0 Å². The summed E-state index contributed by atoms with van der Waals surface area (Å²) in [5.41, 5.74) is 1.30. The molecule has 0 bridgehead atoms. The molecule has 1 fully saturated rings. The van der Waals surface area contributed by atoms with Gasteiger partial charge in [0.05, 0.1) is 6.42 Å². The van der Waals surface area contributed by atoms with Crippen LogP contribution in [0.5, 0.6) is 0 Å². The van der Waals surface area contributed by atoms with E-state index in [0.29, 0.717) is 11.3 Å². The molecule has 1 aliphatic rings. The number of carbonyl (C=O) groups is 4. The summed E-state index contributed by atoms with van der Waals surface area (Å²) in [5.74, 6) is -1.58. The Labute approximate surface area is 164 Å². The van der Waals surface area contributed by atoms with Gasteiger partial charge in [0.1, 0.15) is 6.54 Å². The maximum atomic E-state index is 12.2. The maximum Gasteiger partial charge on any atom is 0.322 e. The summed E-state index contributed by atoms with van der Waals surface area (Å²) >= 11 is 0. The molecule has 0 radical (unpaired) electrons. The lowest BCUT2D eigenvalue weighted by molar-refractivity contribution is -0.137. The van der Waals surface area contributed by atoms with Crippen LogP contribution in [-0.4, -0.2) is 41.4 Å². The summed E-state index contributed by atoms with van der Waals surface area (Å²) in [6, 6.07) is 6.51. The highest BCUT2D eigenvalue weighted by Gasteiger charge is 2.24. The normalized spacial score (nSPS) is 14.9. The first kappa shape index (κ1) is 21.4. The van der Waals surface area contributed by atoms with Crippen molar-refractivity contribution < 1.29 is 24.3 Å². The van der Waals surface area contributed by atoms with Crippen LogP contribution in [0.15, 0.2) is 24.3 Å². The Morgan fingerprint density at radius 3 is 2.32 bits per heavy atom. The van der Waals surface area contributed by atoms with E-state index in [1.807, 2.05) is 6.92 Å². The van der Waals surface area contributed by atoms with E-state index in [-0.39, 0.29) is 42.5 Å². The van der Waals surface area contributed by atoms with E-state index in [4.69, 9.17) is 5.11 Å². The van der Waals surface area contributed by atoms with Crippen LogP contribution in [0.3, 0.4) is 0 Å². The van der Waals surface area contributed by atoms with Gasteiger partial charge in [-0.2, -0.15) is 0 Å². The second-order valence-corrected chi connectivity index (χ2v) is 7.19. The van der Waals surface area contributed by atoms with Crippen LogP contribution in [0.2, 0.25) is 0 Å². The Bertz CT molecular complexity index is 711. The van der Waals surface area contributed by atoms with Crippen molar-refractivity contribution >= 4 is 29.4 Å². The molecule has 0 saturated heterocycles. The van der Waals surface area contributed by atoms with E-state index in [9.17, 15) is 19.2 Å². The molecule has 3 amide bonds. The van der Waals surface area contributed by atoms with Gasteiger partial charge in [0, 0.05) is 24.1 Å². The standard InChI is InChI=1S/C20H27N3O5/c1-13(22-20(28)15-4-2-3-5-15)10-18(25)23-16-8-6-14(7-9-16)11-17(24)21-12-19(26)27/h6-9,13,15H,2-5,10-12H2,1H3,(H,21,24)(H,22,28)(H,23,25)(H,26,27). The molecule has 0 spiro atoms. The predicted octanol–water partition coefficient (Wildman–Crippen LogP) is 1.45. The third-order valence-electron chi connectivity index (χ3n) is 4.65. The van der Waals surface area contributed by atoms with Gasteiger partial charge in [-0.25, -0.2) is 0 Å². The van der Waals surface area contributed by atoms with Crippen LogP contribution in [0, 0.1) is 5.92 Å². The number of anilines is 1. The highest BCUT2D eigenvalue weighted by Crippen LogP contribution is 2.24. The van der Waals surface area contributed by atoms with Gasteiger partial charge in [0.2, 0.25) is 17.7 Å². The van der Waals surface area contributed by atoms with Crippen molar-refractivity contribution in [2.24, 2.45) is 5.92 Å². The first-order chi connectivity index (χ1) is 13.3. The highest BCUT2D eigenvalue weighted by atomic mass is 16.4. The number of hydrogen-bond acceptors (Lipinski definition) is 4. The summed E-state index contributed by atoms with van der Waals surface area (Å²) in [4.78, 5) is 46.3. The van der Waals surface area contributed by atoms with Crippen LogP contribution in [-0.2, 0) is 25.6 Å². The zero-order valence-corrected chi connectivity index (χ0v) is 16.0. The number of benzene rings is 1. The van der Waals surface area contributed by atoms with Crippen molar-refractivity contribution in [3.8, 4) is 0 Å². The summed E-state index contributed by atoms with van der Waals surface area (Å²) in [5, 5.41) is 16.5. The van der Waals surface area contributed by atoms with Crippen molar-refractivity contribution in [1.29, 1.82) is 0 Å². The number of nitrogens with one attached hydrogen (secondary N) is 3. The van der Waals surface area contributed by atoms with Crippen molar-refractivity contribution in [3.63, 3.8) is 0 Å². The molecule has 4 N–H and O–H groups in total.